The molecule has 0 aliphatic heterocycles. The van der Waals surface area contributed by atoms with Gasteiger partial charge in [0.25, 0.3) is 0 Å². The SMILES string of the molecule is COc1ccc(COc2ccc(CBr)cc2Br)cc1Br. The lowest BCUT2D eigenvalue weighted by Crippen LogP contribution is -1.97. The summed E-state index contributed by atoms with van der Waals surface area (Å²) in [6.07, 6.45) is 0. The second-order valence-electron chi connectivity index (χ2n) is 4.16. The van der Waals surface area contributed by atoms with Crippen LogP contribution in [0.1, 0.15) is 11.1 Å². The van der Waals surface area contributed by atoms with Gasteiger partial charge in [-0.3, -0.25) is 0 Å². The van der Waals surface area contributed by atoms with Crippen molar-refractivity contribution in [2.45, 2.75) is 11.9 Å². The third kappa shape index (κ3) is 3.99. The Hall–Kier alpha value is -0.520. The molecule has 0 atom stereocenters. The Kier molecular flexibility index (Phi) is 5.93. The molecule has 0 unspecified atom stereocenters. The molecule has 0 aliphatic carbocycles. The quantitative estimate of drug-likeness (QED) is 0.529. The van der Waals surface area contributed by atoms with Gasteiger partial charge in [0.05, 0.1) is 16.1 Å². The third-order valence-corrected chi connectivity index (χ3v) is 4.65. The molecule has 0 radical (unpaired) electrons. The Morgan fingerprint density at radius 1 is 0.900 bits per heavy atom. The van der Waals surface area contributed by atoms with Crippen LogP contribution in [0.3, 0.4) is 0 Å². The van der Waals surface area contributed by atoms with Crippen LogP contribution in [0, 0.1) is 0 Å². The number of methoxy groups -OCH3 is 1. The molecule has 0 fully saturated rings. The molecule has 0 saturated carbocycles. The van der Waals surface area contributed by atoms with Crippen molar-refractivity contribution in [3.63, 3.8) is 0 Å². The summed E-state index contributed by atoms with van der Waals surface area (Å²) < 4.78 is 12.9. The van der Waals surface area contributed by atoms with Crippen molar-refractivity contribution in [1.29, 1.82) is 0 Å². The molecule has 0 N–H and O–H groups in total. The maximum Gasteiger partial charge on any atom is 0.134 e. The summed E-state index contributed by atoms with van der Waals surface area (Å²) in [5, 5.41) is 0.831. The molecule has 0 aliphatic rings. The van der Waals surface area contributed by atoms with Crippen LogP contribution in [0.4, 0.5) is 0 Å². The summed E-state index contributed by atoms with van der Waals surface area (Å²) >= 11 is 10.4. The Labute approximate surface area is 143 Å². The number of benzene rings is 2. The molecule has 0 amide bonds. The van der Waals surface area contributed by atoms with Gasteiger partial charge in [-0.05, 0) is 67.3 Å². The van der Waals surface area contributed by atoms with Crippen molar-refractivity contribution in [3.05, 3.63) is 56.5 Å². The van der Waals surface area contributed by atoms with Gasteiger partial charge in [0.2, 0.25) is 0 Å². The van der Waals surface area contributed by atoms with Crippen molar-refractivity contribution < 1.29 is 9.47 Å². The molecular formula is C15H13Br3O2. The normalized spacial score (nSPS) is 10.4. The Balaban J connectivity index is 2.07. The molecular weight excluding hydrogens is 452 g/mol. The van der Waals surface area contributed by atoms with E-state index in [1.807, 2.05) is 36.4 Å². The average Bonchev–Trinajstić information content (AvgIpc) is 2.46. The van der Waals surface area contributed by atoms with Crippen LogP contribution in [0.2, 0.25) is 0 Å². The van der Waals surface area contributed by atoms with E-state index in [0.717, 1.165) is 31.3 Å². The highest BCUT2D eigenvalue weighted by atomic mass is 79.9. The van der Waals surface area contributed by atoms with Gasteiger partial charge in [0.1, 0.15) is 18.1 Å². The van der Waals surface area contributed by atoms with E-state index >= 15 is 0 Å². The van der Waals surface area contributed by atoms with E-state index < -0.39 is 0 Å². The minimum atomic E-state index is 0.509. The first kappa shape index (κ1) is 15.9. The first-order chi connectivity index (χ1) is 9.63. The molecule has 0 heterocycles. The zero-order valence-electron chi connectivity index (χ0n) is 10.8. The summed E-state index contributed by atoms with van der Waals surface area (Å²) in [5.74, 6) is 1.65. The molecule has 2 aromatic carbocycles. The zero-order chi connectivity index (χ0) is 14.5. The molecule has 5 heteroatoms. The van der Waals surface area contributed by atoms with E-state index in [2.05, 4.69) is 47.8 Å². The highest BCUT2D eigenvalue weighted by Crippen LogP contribution is 2.29. The van der Waals surface area contributed by atoms with Crippen LogP contribution in [0.25, 0.3) is 0 Å². The van der Waals surface area contributed by atoms with Crippen molar-refractivity contribution in [2.24, 2.45) is 0 Å². The lowest BCUT2D eigenvalue weighted by molar-refractivity contribution is 0.304. The predicted octanol–water partition coefficient (Wildman–Crippen LogP) is 5.69. The number of halogens is 3. The molecule has 0 bridgehead atoms. The molecule has 0 aromatic heterocycles. The van der Waals surface area contributed by atoms with Gasteiger partial charge in [-0.1, -0.05) is 28.1 Å². The largest absolute Gasteiger partial charge is 0.496 e. The second-order valence-corrected chi connectivity index (χ2v) is 6.43. The summed E-state index contributed by atoms with van der Waals surface area (Å²) in [4.78, 5) is 0. The van der Waals surface area contributed by atoms with Crippen molar-refractivity contribution in [1.82, 2.24) is 0 Å². The zero-order valence-corrected chi connectivity index (χ0v) is 15.6. The van der Waals surface area contributed by atoms with Gasteiger partial charge in [0, 0.05) is 5.33 Å². The van der Waals surface area contributed by atoms with Crippen LogP contribution >= 0.6 is 47.8 Å². The monoisotopic (exact) mass is 462 g/mol. The van der Waals surface area contributed by atoms with Gasteiger partial charge in [0.15, 0.2) is 0 Å². The predicted molar refractivity (Wildman–Crippen MR) is 91.8 cm³/mol. The molecule has 0 spiro atoms. The lowest BCUT2D eigenvalue weighted by atomic mass is 10.2. The van der Waals surface area contributed by atoms with Gasteiger partial charge in [-0.2, -0.15) is 0 Å². The van der Waals surface area contributed by atoms with E-state index in [9.17, 15) is 0 Å². The van der Waals surface area contributed by atoms with E-state index in [1.54, 1.807) is 7.11 Å². The summed E-state index contributed by atoms with van der Waals surface area (Å²) in [6, 6.07) is 12.0. The van der Waals surface area contributed by atoms with E-state index in [0.29, 0.717) is 6.61 Å². The van der Waals surface area contributed by atoms with Crippen LogP contribution in [-0.2, 0) is 11.9 Å². The molecule has 2 rings (SSSR count). The highest BCUT2D eigenvalue weighted by Gasteiger charge is 2.05. The highest BCUT2D eigenvalue weighted by molar-refractivity contribution is 9.11. The summed E-state index contributed by atoms with van der Waals surface area (Å²) in [5.41, 5.74) is 2.28. The summed E-state index contributed by atoms with van der Waals surface area (Å²) in [6.45, 7) is 0.509. The van der Waals surface area contributed by atoms with Gasteiger partial charge < -0.3 is 9.47 Å². The minimum absolute atomic E-state index is 0.509. The van der Waals surface area contributed by atoms with Gasteiger partial charge in [-0.25, -0.2) is 0 Å². The van der Waals surface area contributed by atoms with Gasteiger partial charge in [-0.15, -0.1) is 0 Å². The number of alkyl halides is 1. The maximum absolute atomic E-state index is 5.83. The average molecular weight is 465 g/mol. The molecule has 106 valence electrons. The summed E-state index contributed by atoms with van der Waals surface area (Å²) in [7, 11) is 1.65. The first-order valence-electron chi connectivity index (χ1n) is 5.93. The Morgan fingerprint density at radius 2 is 1.50 bits per heavy atom. The Morgan fingerprint density at radius 3 is 2.10 bits per heavy atom. The fourth-order valence-electron chi connectivity index (χ4n) is 1.71. The Bertz CT molecular complexity index is 600. The number of ether oxygens (including phenoxy) is 2. The molecule has 0 saturated heterocycles. The van der Waals surface area contributed by atoms with Crippen LogP contribution in [0.5, 0.6) is 11.5 Å². The second kappa shape index (κ2) is 7.48. The van der Waals surface area contributed by atoms with Gasteiger partial charge >= 0.3 is 0 Å². The van der Waals surface area contributed by atoms with Crippen molar-refractivity contribution in [2.75, 3.05) is 7.11 Å². The van der Waals surface area contributed by atoms with Crippen LogP contribution in [-0.4, -0.2) is 7.11 Å². The topological polar surface area (TPSA) is 18.5 Å². The van der Waals surface area contributed by atoms with E-state index in [-0.39, 0.29) is 0 Å². The molecule has 20 heavy (non-hydrogen) atoms. The first-order valence-corrected chi connectivity index (χ1v) is 8.64. The molecule has 2 nitrogen and oxygen atoms in total. The van der Waals surface area contributed by atoms with Crippen molar-refractivity contribution >= 4 is 47.8 Å². The maximum atomic E-state index is 5.83. The standard InChI is InChI=1S/C15H13Br3O2/c1-19-14-4-3-11(7-12(14)17)9-20-15-5-2-10(8-16)6-13(15)18/h2-7H,8-9H2,1H3. The number of rotatable bonds is 5. The number of hydrogen-bond acceptors (Lipinski definition) is 2. The fourth-order valence-corrected chi connectivity index (χ4v) is 3.18. The van der Waals surface area contributed by atoms with Crippen LogP contribution < -0.4 is 9.47 Å². The third-order valence-electron chi connectivity index (χ3n) is 2.76. The number of hydrogen-bond donors (Lipinski definition) is 0. The smallest absolute Gasteiger partial charge is 0.134 e. The fraction of sp³-hybridized carbons (Fsp3) is 0.200. The molecule has 2 aromatic rings. The minimum Gasteiger partial charge on any atom is -0.496 e. The van der Waals surface area contributed by atoms with E-state index in [4.69, 9.17) is 9.47 Å². The van der Waals surface area contributed by atoms with Crippen molar-refractivity contribution in [3.8, 4) is 11.5 Å². The lowest BCUT2D eigenvalue weighted by Gasteiger charge is -2.10. The van der Waals surface area contributed by atoms with E-state index in [1.165, 1.54) is 5.56 Å². The van der Waals surface area contributed by atoms with Crippen LogP contribution in [0.15, 0.2) is 45.3 Å².